The number of aryl methyl sites for hydroxylation is 1. The highest BCUT2D eigenvalue weighted by Gasteiger charge is 1.96. The molecule has 82 valence electrons. The fraction of sp³-hybridized carbons (Fsp3) is 0.154. The van der Waals surface area contributed by atoms with Crippen LogP contribution in [0.1, 0.15) is 11.1 Å². The van der Waals surface area contributed by atoms with Gasteiger partial charge in [-0.1, -0.05) is 15.9 Å². The van der Waals surface area contributed by atoms with E-state index in [1.54, 1.807) is 0 Å². The average molecular weight is 278 g/mol. The van der Waals surface area contributed by atoms with Crippen LogP contribution in [-0.4, -0.2) is 4.98 Å². The van der Waals surface area contributed by atoms with Gasteiger partial charge in [-0.05, 0) is 42.8 Å². The molecule has 0 saturated carbocycles. The maximum absolute atomic E-state index is 5.64. The molecule has 0 atom stereocenters. The molecule has 1 heterocycles. The van der Waals surface area contributed by atoms with Crippen LogP contribution in [0.25, 0.3) is 0 Å². The summed E-state index contributed by atoms with van der Waals surface area (Å²) in [6, 6.07) is 9.88. The van der Waals surface area contributed by atoms with Crippen molar-refractivity contribution in [3.05, 3.63) is 58.3 Å². The van der Waals surface area contributed by atoms with Gasteiger partial charge in [-0.2, -0.15) is 0 Å². The molecule has 2 nitrogen and oxygen atoms in total. The molecule has 0 aliphatic rings. The van der Waals surface area contributed by atoms with E-state index < -0.39 is 0 Å². The second-order valence-corrected chi connectivity index (χ2v) is 4.53. The molecule has 0 radical (unpaired) electrons. The van der Waals surface area contributed by atoms with E-state index in [9.17, 15) is 0 Å². The second kappa shape index (κ2) is 5.12. The largest absolute Gasteiger partial charge is 0.489 e. The third-order valence-corrected chi connectivity index (χ3v) is 2.68. The lowest BCUT2D eigenvalue weighted by Gasteiger charge is -2.06. The van der Waals surface area contributed by atoms with Gasteiger partial charge in [-0.25, -0.2) is 0 Å². The summed E-state index contributed by atoms with van der Waals surface area (Å²) in [6.45, 7) is 2.58. The SMILES string of the molecule is Cc1cncc(COc2ccc(Br)cc2)c1. The standard InChI is InChI=1S/C13H12BrNO/c1-10-6-11(8-15-7-10)9-16-13-4-2-12(14)3-5-13/h2-8H,9H2,1H3. The number of hydrogen-bond acceptors (Lipinski definition) is 2. The Bertz CT molecular complexity index is 468. The first-order chi connectivity index (χ1) is 7.74. The van der Waals surface area contributed by atoms with Crippen molar-refractivity contribution >= 4 is 15.9 Å². The summed E-state index contributed by atoms with van der Waals surface area (Å²) >= 11 is 3.39. The summed E-state index contributed by atoms with van der Waals surface area (Å²) in [5.74, 6) is 0.865. The van der Waals surface area contributed by atoms with Crippen molar-refractivity contribution < 1.29 is 4.74 Å². The van der Waals surface area contributed by atoms with Crippen LogP contribution in [0.3, 0.4) is 0 Å². The predicted molar refractivity (Wildman–Crippen MR) is 67.4 cm³/mol. The van der Waals surface area contributed by atoms with Gasteiger partial charge in [0.25, 0.3) is 0 Å². The topological polar surface area (TPSA) is 22.1 Å². The first kappa shape index (κ1) is 11.1. The molecule has 0 fully saturated rings. The highest BCUT2D eigenvalue weighted by atomic mass is 79.9. The Kier molecular flexibility index (Phi) is 3.57. The molecule has 0 bridgehead atoms. The minimum absolute atomic E-state index is 0.552. The fourth-order valence-corrected chi connectivity index (χ4v) is 1.66. The quantitative estimate of drug-likeness (QED) is 0.853. The molecular weight excluding hydrogens is 266 g/mol. The van der Waals surface area contributed by atoms with Crippen LogP contribution >= 0.6 is 15.9 Å². The molecule has 0 saturated heterocycles. The van der Waals surface area contributed by atoms with E-state index >= 15 is 0 Å². The normalized spacial score (nSPS) is 10.1. The fourth-order valence-electron chi connectivity index (χ4n) is 1.39. The van der Waals surface area contributed by atoms with Crippen LogP contribution < -0.4 is 4.74 Å². The van der Waals surface area contributed by atoms with E-state index in [2.05, 4.69) is 27.0 Å². The summed E-state index contributed by atoms with van der Waals surface area (Å²) in [6.07, 6.45) is 3.66. The van der Waals surface area contributed by atoms with Gasteiger partial charge >= 0.3 is 0 Å². The minimum Gasteiger partial charge on any atom is -0.489 e. The Labute approximate surface area is 103 Å². The summed E-state index contributed by atoms with van der Waals surface area (Å²) in [4.78, 5) is 4.12. The summed E-state index contributed by atoms with van der Waals surface area (Å²) < 4.78 is 6.69. The van der Waals surface area contributed by atoms with Gasteiger partial charge in [0.1, 0.15) is 12.4 Å². The Morgan fingerprint density at radius 1 is 1.19 bits per heavy atom. The van der Waals surface area contributed by atoms with Crippen molar-refractivity contribution in [1.82, 2.24) is 4.98 Å². The molecule has 1 aromatic carbocycles. The van der Waals surface area contributed by atoms with E-state index in [1.807, 2.05) is 43.6 Å². The van der Waals surface area contributed by atoms with E-state index in [1.165, 1.54) is 0 Å². The number of ether oxygens (including phenoxy) is 1. The van der Waals surface area contributed by atoms with E-state index in [4.69, 9.17) is 4.74 Å². The zero-order chi connectivity index (χ0) is 11.4. The molecule has 2 aromatic rings. The average Bonchev–Trinajstić information content (AvgIpc) is 2.28. The van der Waals surface area contributed by atoms with Crippen LogP contribution in [0, 0.1) is 6.92 Å². The van der Waals surface area contributed by atoms with Gasteiger partial charge in [0, 0.05) is 22.4 Å². The van der Waals surface area contributed by atoms with Crippen molar-refractivity contribution in [1.29, 1.82) is 0 Å². The predicted octanol–water partition coefficient (Wildman–Crippen LogP) is 3.73. The molecule has 3 heteroatoms. The highest BCUT2D eigenvalue weighted by Crippen LogP contribution is 2.17. The molecule has 0 unspecified atom stereocenters. The first-order valence-electron chi connectivity index (χ1n) is 5.03. The van der Waals surface area contributed by atoms with Crippen LogP contribution in [0.5, 0.6) is 5.75 Å². The van der Waals surface area contributed by atoms with Gasteiger partial charge in [0.05, 0.1) is 0 Å². The zero-order valence-corrected chi connectivity index (χ0v) is 10.6. The van der Waals surface area contributed by atoms with E-state index in [0.717, 1.165) is 21.3 Å². The molecule has 16 heavy (non-hydrogen) atoms. The van der Waals surface area contributed by atoms with Gasteiger partial charge in [0.15, 0.2) is 0 Å². The smallest absolute Gasteiger partial charge is 0.119 e. The van der Waals surface area contributed by atoms with Crippen LogP contribution in [0.2, 0.25) is 0 Å². The molecule has 2 rings (SSSR count). The highest BCUT2D eigenvalue weighted by molar-refractivity contribution is 9.10. The Morgan fingerprint density at radius 3 is 2.62 bits per heavy atom. The van der Waals surface area contributed by atoms with Gasteiger partial charge in [0.2, 0.25) is 0 Å². The van der Waals surface area contributed by atoms with Crippen LogP contribution in [0.15, 0.2) is 47.2 Å². The lowest BCUT2D eigenvalue weighted by molar-refractivity contribution is 0.305. The van der Waals surface area contributed by atoms with E-state index in [-0.39, 0.29) is 0 Å². The molecular formula is C13H12BrNO. The monoisotopic (exact) mass is 277 g/mol. The second-order valence-electron chi connectivity index (χ2n) is 3.61. The number of hydrogen-bond donors (Lipinski definition) is 0. The van der Waals surface area contributed by atoms with Gasteiger partial charge in [-0.3, -0.25) is 4.98 Å². The van der Waals surface area contributed by atoms with Crippen molar-refractivity contribution in [3.63, 3.8) is 0 Å². The van der Waals surface area contributed by atoms with Crippen LogP contribution in [-0.2, 0) is 6.61 Å². The molecule has 0 spiro atoms. The molecule has 0 N–H and O–H groups in total. The minimum atomic E-state index is 0.552. The zero-order valence-electron chi connectivity index (χ0n) is 8.98. The van der Waals surface area contributed by atoms with Crippen molar-refractivity contribution in [3.8, 4) is 5.75 Å². The van der Waals surface area contributed by atoms with Gasteiger partial charge in [-0.15, -0.1) is 0 Å². The Morgan fingerprint density at radius 2 is 1.94 bits per heavy atom. The summed E-state index contributed by atoms with van der Waals surface area (Å²) in [5.41, 5.74) is 2.24. The van der Waals surface area contributed by atoms with Crippen molar-refractivity contribution in [2.24, 2.45) is 0 Å². The maximum atomic E-state index is 5.64. The molecule has 1 aromatic heterocycles. The lowest BCUT2D eigenvalue weighted by atomic mass is 10.2. The van der Waals surface area contributed by atoms with Crippen molar-refractivity contribution in [2.45, 2.75) is 13.5 Å². The van der Waals surface area contributed by atoms with E-state index in [0.29, 0.717) is 6.61 Å². The number of pyridine rings is 1. The third-order valence-electron chi connectivity index (χ3n) is 2.15. The number of halogens is 1. The number of rotatable bonds is 3. The van der Waals surface area contributed by atoms with Crippen LogP contribution in [0.4, 0.5) is 0 Å². The van der Waals surface area contributed by atoms with Crippen molar-refractivity contribution in [2.75, 3.05) is 0 Å². The van der Waals surface area contributed by atoms with Gasteiger partial charge < -0.3 is 4.74 Å². The number of benzene rings is 1. The third kappa shape index (κ3) is 3.07. The Balaban J connectivity index is 1.99. The first-order valence-corrected chi connectivity index (χ1v) is 5.82. The summed E-state index contributed by atoms with van der Waals surface area (Å²) in [7, 11) is 0. The number of nitrogens with zero attached hydrogens (tertiary/aromatic N) is 1. The number of aromatic nitrogens is 1. The molecule has 0 aliphatic carbocycles. The molecule has 0 aliphatic heterocycles. The lowest BCUT2D eigenvalue weighted by Crippen LogP contribution is -1.96. The molecule has 0 amide bonds. The maximum Gasteiger partial charge on any atom is 0.119 e. The summed E-state index contributed by atoms with van der Waals surface area (Å²) in [5, 5.41) is 0. The Hall–Kier alpha value is -1.35.